The zero-order chi connectivity index (χ0) is 17.0. The van der Waals surface area contributed by atoms with E-state index in [4.69, 9.17) is 0 Å². The maximum absolute atomic E-state index is 10.9. The molecule has 0 saturated carbocycles. The first-order valence-electron chi connectivity index (χ1n) is 5.21. The lowest BCUT2D eigenvalue weighted by Gasteiger charge is -2.10. The van der Waals surface area contributed by atoms with Crippen LogP contribution in [-0.2, 0) is 4.84 Å². The molecule has 14 heteroatoms. The molecule has 14 nitrogen and oxygen atoms in total. The van der Waals surface area contributed by atoms with Crippen molar-refractivity contribution >= 4 is 17.1 Å². The van der Waals surface area contributed by atoms with Crippen LogP contribution < -0.4 is 0 Å². The number of hydrogen-bond donors (Lipinski definition) is 1. The number of nitrogens with zero attached hydrogens (tertiary/aromatic N) is 4. The van der Waals surface area contributed by atoms with Gasteiger partial charge in [-0.15, -0.1) is 10.1 Å². The highest BCUT2D eigenvalue weighted by Gasteiger charge is 2.35. The smallest absolute Gasteiger partial charge is 0.294 e. The van der Waals surface area contributed by atoms with Gasteiger partial charge in [0.2, 0.25) is 0 Å². The van der Waals surface area contributed by atoms with Gasteiger partial charge < -0.3 is 9.94 Å². The molecule has 0 heterocycles. The van der Waals surface area contributed by atoms with Crippen LogP contribution in [0.1, 0.15) is 11.7 Å². The quantitative estimate of drug-likeness (QED) is 0.548. The molecular weight excluding hydrogens is 312 g/mol. The summed E-state index contributed by atoms with van der Waals surface area (Å²) in [5, 5.41) is 50.8. The van der Waals surface area contributed by atoms with Gasteiger partial charge in [0.25, 0.3) is 22.1 Å². The average molecular weight is 318 g/mol. The second-order valence-electron chi connectivity index (χ2n) is 3.70. The highest BCUT2D eigenvalue weighted by Crippen LogP contribution is 2.37. The van der Waals surface area contributed by atoms with Crippen LogP contribution in [0.2, 0.25) is 0 Å². The Bertz CT molecular complexity index is 623. The summed E-state index contributed by atoms with van der Waals surface area (Å²) in [7, 11) is 0. The summed E-state index contributed by atoms with van der Waals surface area (Å²) in [6, 6.07) is 0.801. The minimum absolute atomic E-state index is 0.401. The second kappa shape index (κ2) is 6.35. The minimum Gasteiger partial charge on any atom is -0.386 e. The van der Waals surface area contributed by atoms with Gasteiger partial charge in [-0.3, -0.25) is 30.3 Å². The van der Waals surface area contributed by atoms with Crippen molar-refractivity contribution in [1.82, 2.24) is 0 Å². The number of benzene rings is 1. The van der Waals surface area contributed by atoms with E-state index < -0.39 is 55.2 Å². The molecule has 1 aromatic carbocycles. The van der Waals surface area contributed by atoms with Crippen molar-refractivity contribution in [3.8, 4) is 0 Å². The van der Waals surface area contributed by atoms with E-state index in [9.17, 15) is 45.6 Å². The summed E-state index contributed by atoms with van der Waals surface area (Å²) in [5.41, 5.74) is -4.12. The zero-order valence-electron chi connectivity index (χ0n) is 10.3. The first-order chi connectivity index (χ1) is 10.1. The number of rotatable bonds is 7. The molecule has 1 unspecified atom stereocenters. The molecule has 0 aliphatic heterocycles. The first kappa shape index (κ1) is 16.6. The van der Waals surface area contributed by atoms with Crippen LogP contribution in [0.4, 0.5) is 17.1 Å². The van der Waals surface area contributed by atoms with E-state index in [1.165, 1.54) is 0 Å². The van der Waals surface area contributed by atoms with Gasteiger partial charge in [-0.05, 0) is 0 Å². The second-order valence-corrected chi connectivity index (χ2v) is 3.70. The van der Waals surface area contributed by atoms with Gasteiger partial charge in [0.15, 0.2) is 0 Å². The summed E-state index contributed by atoms with van der Waals surface area (Å²) < 4.78 is 0. The van der Waals surface area contributed by atoms with E-state index in [0.717, 1.165) is 0 Å². The largest absolute Gasteiger partial charge is 0.386 e. The highest BCUT2D eigenvalue weighted by atomic mass is 17.0. The van der Waals surface area contributed by atoms with E-state index in [0.29, 0.717) is 12.1 Å². The molecule has 0 saturated heterocycles. The summed E-state index contributed by atoms with van der Waals surface area (Å²) in [5.74, 6) is 0. The Hall–Kier alpha value is -3.42. The van der Waals surface area contributed by atoms with Crippen molar-refractivity contribution in [3.63, 3.8) is 0 Å². The third-order valence-electron chi connectivity index (χ3n) is 2.40. The lowest BCUT2D eigenvalue weighted by atomic mass is 10.0. The molecule has 22 heavy (non-hydrogen) atoms. The summed E-state index contributed by atoms with van der Waals surface area (Å²) >= 11 is 0. The van der Waals surface area contributed by atoms with Crippen molar-refractivity contribution in [2.75, 3.05) is 6.61 Å². The first-order valence-corrected chi connectivity index (χ1v) is 5.21. The number of hydrogen-bond acceptors (Lipinski definition) is 10. The molecule has 0 aliphatic rings. The molecule has 0 bridgehead atoms. The molecule has 1 aromatic rings. The van der Waals surface area contributed by atoms with Gasteiger partial charge in [-0.1, -0.05) is 0 Å². The van der Waals surface area contributed by atoms with E-state index in [-0.39, 0.29) is 0 Å². The summed E-state index contributed by atoms with van der Waals surface area (Å²) in [6.45, 7) is -1.12. The molecule has 0 aliphatic carbocycles. The van der Waals surface area contributed by atoms with Gasteiger partial charge in [-0.2, -0.15) is 0 Å². The monoisotopic (exact) mass is 318 g/mol. The zero-order valence-corrected chi connectivity index (χ0v) is 10.3. The van der Waals surface area contributed by atoms with Crippen molar-refractivity contribution in [2.45, 2.75) is 6.10 Å². The molecule has 0 spiro atoms. The fourth-order valence-electron chi connectivity index (χ4n) is 1.57. The Kier molecular flexibility index (Phi) is 4.80. The Labute approximate surface area is 119 Å². The van der Waals surface area contributed by atoms with Gasteiger partial charge >= 0.3 is 0 Å². The van der Waals surface area contributed by atoms with Crippen LogP contribution in [0.15, 0.2) is 12.1 Å². The maximum atomic E-state index is 10.9. The molecule has 0 radical (unpaired) electrons. The normalized spacial score (nSPS) is 11.5. The molecule has 1 N–H and O–H groups in total. The van der Waals surface area contributed by atoms with Crippen molar-refractivity contribution in [3.05, 3.63) is 58.2 Å². The number of aliphatic hydroxyl groups is 1. The summed E-state index contributed by atoms with van der Waals surface area (Å²) in [4.78, 5) is 42.8. The van der Waals surface area contributed by atoms with Gasteiger partial charge in [0.05, 0.1) is 26.9 Å². The fraction of sp³-hybridized carbons (Fsp3) is 0.250. The molecular formula is C8H6N4O10. The van der Waals surface area contributed by atoms with Crippen LogP contribution in [-0.4, -0.2) is 31.6 Å². The lowest BCUT2D eigenvalue weighted by Crippen LogP contribution is -2.14. The number of non-ortho nitro benzene ring substituents is 1. The van der Waals surface area contributed by atoms with Crippen LogP contribution in [0, 0.1) is 40.5 Å². The Morgan fingerprint density at radius 2 is 1.41 bits per heavy atom. The SMILES string of the molecule is O=[N+]([O-])OCC(O)c1c([N+](=O)[O-])cc([N+](=O)[O-])cc1[N+](=O)[O-]. The van der Waals surface area contributed by atoms with Crippen molar-refractivity contribution < 1.29 is 29.8 Å². The van der Waals surface area contributed by atoms with Gasteiger partial charge in [0, 0.05) is 0 Å². The summed E-state index contributed by atoms with van der Waals surface area (Å²) in [6.07, 6.45) is -2.10. The number of nitro benzene ring substituents is 3. The van der Waals surface area contributed by atoms with Crippen LogP contribution in [0.5, 0.6) is 0 Å². The third-order valence-corrected chi connectivity index (χ3v) is 2.40. The van der Waals surface area contributed by atoms with E-state index in [1.807, 2.05) is 0 Å². The molecule has 0 fully saturated rings. The Morgan fingerprint density at radius 1 is 0.955 bits per heavy atom. The molecule has 1 atom stereocenters. The van der Waals surface area contributed by atoms with Crippen LogP contribution >= 0.6 is 0 Å². The maximum Gasteiger partial charge on any atom is 0.294 e. The average Bonchev–Trinajstić information content (AvgIpc) is 2.42. The van der Waals surface area contributed by atoms with Gasteiger partial charge in [-0.25, -0.2) is 0 Å². The lowest BCUT2D eigenvalue weighted by molar-refractivity contribution is -0.759. The predicted molar refractivity (Wildman–Crippen MR) is 64.3 cm³/mol. The molecule has 0 amide bonds. The highest BCUT2D eigenvalue weighted by molar-refractivity contribution is 5.61. The molecule has 1 rings (SSSR count). The van der Waals surface area contributed by atoms with Gasteiger partial charge in [0.1, 0.15) is 18.3 Å². The van der Waals surface area contributed by atoms with E-state index in [1.54, 1.807) is 0 Å². The Morgan fingerprint density at radius 3 is 1.73 bits per heavy atom. The minimum atomic E-state index is -2.10. The fourth-order valence-corrected chi connectivity index (χ4v) is 1.57. The van der Waals surface area contributed by atoms with E-state index in [2.05, 4.69) is 4.84 Å². The topological polar surface area (TPSA) is 202 Å². The van der Waals surface area contributed by atoms with Crippen molar-refractivity contribution in [1.29, 1.82) is 0 Å². The molecule has 0 aromatic heterocycles. The van der Waals surface area contributed by atoms with Crippen LogP contribution in [0.3, 0.4) is 0 Å². The van der Waals surface area contributed by atoms with E-state index >= 15 is 0 Å². The van der Waals surface area contributed by atoms with Crippen molar-refractivity contribution in [2.24, 2.45) is 0 Å². The third kappa shape index (κ3) is 3.57. The number of aliphatic hydroxyl groups excluding tert-OH is 1. The Balaban J connectivity index is 3.50. The predicted octanol–water partition coefficient (Wildman–Crippen LogP) is 0.653. The molecule has 118 valence electrons. The van der Waals surface area contributed by atoms with Crippen LogP contribution in [0.25, 0.3) is 0 Å². The standard InChI is InChI=1S/C8H6N4O10/c13-7(3-22-12(20)21)8-5(10(16)17)1-4(9(14)15)2-6(8)11(18)19/h1-2,7,13H,3H2. The number of nitro groups is 3.